The fraction of sp³-hybridized carbons (Fsp3) is 0.833. The third-order valence-electron chi connectivity index (χ3n) is 3.28. The van der Waals surface area contributed by atoms with Gasteiger partial charge in [-0.25, -0.2) is 0 Å². The van der Waals surface area contributed by atoms with Crippen molar-refractivity contribution in [3.63, 3.8) is 0 Å². The molecule has 0 amide bonds. The first-order valence-electron chi connectivity index (χ1n) is 5.58. The summed E-state index contributed by atoms with van der Waals surface area (Å²) in [6.07, 6.45) is 3.24. The van der Waals surface area contributed by atoms with Crippen LogP contribution in [-0.4, -0.2) is 16.9 Å². The highest BCUT2D eigenvalue weighted by Gasteiger charge is 2.36. The molecule has 0 aromatic rings. The summed E-state index contributed by atoms with van der Waals surface area (Å²) >= 11 is 0. The van der Waals surface area contributed by atoms with E-state index in [0.29, 0.717) is 0 Å². The van der Waals surface area contributed by atoms with Gasteiger partial charge < -0.3 is 5.11 Å². The Balaban J connectivity index is 2.59. The first-order chi connectivity index (χ1) is 6.82. The van der Waals surface area contributed by atoms with Gasteiger partial charge in [-0.3, -0.25) is 9.59 Å². The van der Waals surface area contributed by atoms with Gasteiger partial charge in [-0.05, 0) is 18.8 Å². The van der Waals surface area contributed by atoms with Crippen molar-refractivity contribution in [2.24, 2.45) is 17.3 Å². The number of carboxylic acid groups (broad SMARTS) is 1. The predicted octanol–water partition coefficient (Wildman–Crippen LogP) is 2.49. The van der Waals surface area contributed by atoms with Crippen molar-refractivity contribution in [1.29, 1.82) is 0 Å². The molecule has 0 bridgehead atoms. The molecule has 1 saturated carbocycles. The van der Waals surface area contributed by atoms with Crippen LogP contribution < -0.4 is 0 Å². The third-order valence-corrected chi connectivity index (χ3v) is 3.28. The lowest BCUT2D eigenvalue weighted by Crippen LogP contribution is -2.33. The van der Waals surface area contributed by atoms with Crippen LogP contribution in [0.1, 0.15) is 46.5 Å². The summed E-state index contributed by atoms with van der Waals surface area (Å²) < 4.78 is 0. The van der Waals surface area contributed by atoms with Gasteiger partial charge in [-0.15, -0.1) is 0 Å². The van der Waals surface area contributed by atoms with Gasteiger partial charge in [0.15, 0.2) is 0 Å². The van der Waals surface area contributed by atoms with E-state index in [1.54, 1.807) is 0 Å². The molecular weight excluding hydrogens is 192 g/mol. The number of ketones is 1. The van der Waals surface area contributed by atoms with Crippen LogP contribution in [0.2, 0.25) is 0 Å². The van der Waals surface area contributed by atoms with E-state index in [-0.39, 0.29) is 18.1 Å². The van der Waals surface area contributed by atoms with E-state index in [1.807, 2.05) is 20.8 Å². The zero-order valence-corrected chi connectivity index (χ0v) is 9.75. The molecule has 0 saturated heterocycles. The maximum atomic E-state index is 11.8. The molecule has 0 aromatic carbocycles. The number of carboxylic acids is 1. The van der Waals surface area contributed by atoms with Crippen LogP contribution in [0.5, 0.6) is 0 Å². The van der Waals surface area contributed by atoms with Crippen molar-refractivity contribution < 1.29 is 14.7 Å². The minimum absolute atomic E-state index is 0.0572. The molecule has 1 aliphatic rings. The Morgan fingerprint density at radius 3 is 2.13 bits per heavy atom. The molecule has 1 rings (SSSR count). The van der Waals surface area contributed by atoms with Gasteiger partial charge in [-0.2, -0.15) is 0 Å². The lowest BCUT2D eigenvalue weighted by Gasteiger charge is -2.32. The smallest absolute Gasteiger partial charge is 0.307 e. The van der Waals surface area contributed by atoms with E-state index in [4.69, 9.17) is 5.11 Å². The number of carbonyl (C=O) groups excluding carboxylic acids is 1. The zero-order valence-electron chi connectivity index (χ0n) is 9.75. The third kappa shape index (κ3) is 3.05. The molecule has 3 nitrogen and oxygen atoms in total. The second-order valence-electron chi connectivity index (χ2n) is 5.51. The number of aliphatic carboxylic acids is 1. The van der Waals surface area contributed by atoms with Crippen molar-refractivity contribution in [3.05, 3.63) is 0 Å². The van der Waals surface area contributed by atoms with Gasteiger partial charge in [0, 0.05) is 11.8 Å². The highest BCUT2D eigenvalue weighted by Crippen LogP contribution is 2.36. The number of rotatable bonds is 4. The summed E-state index contributed by atoms with van der Waals surface area (Å²) in [4.78, 5) is 22.8. The molecule has 0 aliphatic heterocycles. The molecule has 0 radical (unpaired) electrons. The molecule has 0 unspecified atom stereocenters. The van der Waals surface area contributed by atoms with Crippen molar-refractivity contribution in [1.82, 2.24) is 0 Å². The van der Waals surface area contributed by atoms with Crippen LogP contribution >= 0.6 is 0 Å². The second-order valence-corrected chi connectivity index (χ2v) is 5.51. The predicted molar refractivity (Wildman–Crippen MR) is 57.5 cm³/mol. The van der Waals surface area contributed by atoms with Crippen LogP contribution in [0.15, 0.2) is 0 Å². The van der Waals surface area contributed by atoms with Gasteiger partial charge in [-0.1, -0.05) is 27.2 Å². The first-order valence-corrected chi connectivity index (χ1v) is 5.58. The van der Waals surface area contributed by atoms with Gasteiger partial charge in [0.2, 0.25) is 0 Å². The Bertz CT molecular complexity index is 259. The van der Waals surface area contributed by atoms with Crippen molar-refractivity contribution in [2.75, 3.05) is 0 Å². The Labute approximate surface area is 90.9 Å². The SMILES string of the molecule is CC(C)(C)C(=O)C[C@H](C(=O)O)C1CCC1. The van der Waals surface area contributed by atoms with E-state index in [0.717, 1.165) is 19.3 Å². The Morgan fingerprint density at radius 1 is 1.33 bits per heavy atom. The van der Waals surface area contributed by atoms with Crippen LogP contribution in [0.25, 0.3) is 0 Å². The molecule has 3 heteroatoms. The van der Waals surface area contributed by atoms with Crippen LogP contribution in [0.3, 0.4) is 0 Å². The van der Waals surface area contributed by atoms with Crippen molar-refractivity contribution >= 4 is 11.8 Å². The molecule has 0 aromatic heterocycles. The van der Waals surface area contributed by atoms with E-state index in [1.165, 1.54) is 0 Å². The van der Waals surface area contributed by atoms with Gasteiger partial charge in [0.05, 0.1) is 5.92 Å². The topological polar surface area (TPSA) is 54.4 Å². The van der Waals surface area contributed by atoms with Crippen molar-refractivity contribution in [2.45, 2.75) is 46.5 Å². The molecule has 1 atom stereocenters. The minimum atomic E-state index is -0.808. The first kappa shape index (κ1) is 12.2. The van der Waals surface area contributed by atoms with E-state index >= 15 is 0 Å². The highest BCUT2D eigenvalue weighted by molar-refractivity contribution is 5.87. The normalized spacial score (nSPS) is 19.4. The molecule has 0 heterocycles. The number of carbonyl (C=O) groups is 2. The molecule has 1 N–H and O–H groups in total. The van der Waals surface area contributed by atoms with Gasteiger partial charge in [0.1, 0.15) is 5.78 Å². The van der Waals surface area contributed by atoms with Crippen molar-refractivity contribution in [3.8, 4) is 0 Å². The summed E-state index contributed by atoms with van der Waals surface area (Å²) in [7, 11) is 0. The largest absolute Gasteiger partial charge is 0.481 e. The minimum Gasteiger partial charge on any atom is -0.481 e. The van der Waals surface area contributed by atoms with Crippen LogP contribution in [-0.2, 0) is 9.59 Å². The molecule has 86 valence electrons. The molecule has 1 fully saturated rings. The summed E-state index contributed by atoms with van der Waals surface area (Å²) in [5, 5.41) is 9.07. The van der Waals surface area contributed by atoms with E-state index in [2.05, 4.69) is 0 Å². The maximum Gasteiger partial charge on any atom is 0.307 e. The van der Waals surface area contributed by atoms with Gasteiger partial charge in [0.25, 0.3) is 0 Å². The monoisotopic (exact) mass is 212 g/mol. The molecular formula is C12H20O3. The van der Waals surface area contributed by atoms with E-state index < -0.39 is 17.3 Å². The summed E-state index contributed by atoms with van der Waals surface area (Å²) in [5.74, 6) is -0.974. The lowest BCUT2D eigenvalue weighted by atomic mass is 9.72. The number of hydrogen-bond acceptors (Lipinski definition) is 2. The highest BCUT2D eigenvalue weighted by atomic mass is 16.4. The second kappa shape index (κ2) is 4.33. The van der Waals surface area contributed by atoms with E-state index in [9.17, 15) is 9.59 Å². The fourth-order valence-corrected chi connectivity index (χ4v) is 1.80. The summed E-state index contributed by atoms with van der Waals surface area (Å²) in [6, 6.07) is 0. The fourth-order valence-electron chi connectivity index (χ4n) is 1.80. The Hall–Kier alpha value is -0.860. The van der Waals surface area contributed by atoms with Gasteiger partial charge >= 0.3 is 5.97 Å². The summed E-state index contributed by atoms with van der Waals surface area (Å²) in [5.41, 5.74) is -0.419. The lowest BCUT2D eigenvalue weighted by molar-refractivity contribution is -0.148. The van der Waals surface area contributed by atoms with Crippen LogP contribution in [0, 0.1) is 17.3 Å². The number of hydrogen-bond donors (Lipinski definition) is 1. The quantitative estimate of drug-likeness (QED) is 0.779. The number of Topliss-reactive ketones (excluding diaryl/α,β-unsaturated/α-hetero) is 1. The van der Waals surface area contributed by atoms with Crippen LogP contribution in [0.4, 0.5) is 0 Å². The molecule has 1 aliphatic carbocycles. The zero-order chi connectivity index (χ0) is 11.6. The summed E-state index contributed by atoms with van der Waals surface area (Å²) in [6.45, 7) is 5.53. The average Bonchev–Trinajstić information content (AvgIpc) is 1.97. The maximum absolute atomic E-state index is 11.8. The molecule has 15 heavy (non-hydrogen) atoms. The molecule has 0 spiro atoms. The Kier molecular flexibility index (Phi) is 3.53. The Morgan fingerprint density at radius 2 is 1.87 bits per heavy atom. The standard InChI is InChI=1S/C12H20O3/c1-12(2,3)10(13)7-9(11(14)15)8-5-4-6-8/h8-9H,4-7H2,1-3H3,(H,14,15)/t9-/m0/s1. The average molecular weight is 212 g/mol.